The van der Waals surface area contributed by atoms with Gasteiger partial charge in [0.25, 0.3) is 0 Å². The average molecular weight is 654 g/mol. The second-order valence-corrected chi connectivity index (χ2v) is 13.5. The Labute approximate surface area is 296 Å². The van der Waals surface area contributed by atoms with Crippen molar-refractivity contribution in [2.75, 3.05) is 0 Å². The molecule has 0 amide bonds. The number of fused-ring (bicyclic) bond motifs is 4. The number of rotatable bonds is 5. The van der Waals surface area contributed by atoms with Gasteiger partial charge in [0.05, 0.1) is 11.6 Å². The highest BCUT2D eigenvalue weighted by Gasteiger charge is 2.35. The van der Waals surface area contributed by atoms with Gasteiger partial charge in [-0.1, -0.05) is 117 Å². The quantitative estimate of drug-likeness (QED) is 0.185. The Kier molecular flexibility index (Phi) is 7.12. The molecule has 0 radical (unpaired) electrons. The fourth-order valence-electron chi connectivity index (χ4n) is 7.25. The topological polar surface area (TPSA) is 75.3 Å². The summed E-state index contributed by atoms with van der Waals surface area (Å²) in [6, 6.07) is 50.4. The summed E-state index contributed by atoms with van der Waals surface area (Å²) in [6.07, 6.45) is 3.72. The Morgan fingerprint density at radius 1 is 0.471 bits per heavy atom. The van der Waals surface area contributed by atoms with Crippen molar-refractivity contribution < 1.29 is 0 Å². The van der Waals surface area contributed by atoms with Gasteiger partial charge in [0.2, 0.25) is 0 Å². The second kappa shape index (κ2) is 12.0. The molecule has 0 bridgehead atoms. The molecular formula is C46H31N5. The van der Waals surface area contributed by atoms with Crippen molar-refractivity contribution >= 4 is 10.8 Å². The molecule has 8 aromatic rings. The number of pyridine rings is 1. The minimum atomic E-state index is -0.222. The first-order valence-electron chi connectivity index (χ1n) is 17.0. The van der Waals surface area contributed by atoms with Crippen LogP contribution in [0.15, 0.2) is 152 Å². The van der Waals surface area contributed by atoms with Gasteiger partial charge in [-0.05, 0) is 86.3 Å². The maximum absolute atomic E-state index is 9.55. The molecule has 1 aliphatic rings. The van der Waals surface area contributed by atoms with E-state index in [-0.39, 0.29) is 5.41 Å². The number of hydrogen-bond donors (Lipinski definition) is 0. The summed E-state index contributed by atoms with van der Waals surface area (Å²) in [6.45, 7) is 4.48. The van der Waals surface area contributed by atoms with Crippen molar-refractivity contribution in [3.8, 4) is 73.6 Å². The Morgan fingerprint density at radius 3 is 1.80 bits per heavy atom. The van der Waals surface area contributed by atoms with Gasteiger partial charge in [-0.3, -0.25) is 4.98 Å². The van der Waals surface area contributed by atoms with Crippen molar-refractivity contribution in [1.29, 1.82) is 5.26 Å². The van der Waals surface area contributed by atoms with Crippen LogP contribution in [0, 0.1) is 11.3 Å². The molecular weight excluding hydrogens is 623 g/mol. The van der Waals surface area contributed by atoms with Gasteiger partial charge in [-0.25, -0.2) is 15.0 Å². The van der Waals surface area contributed by atoms with Crippen LogP contribution in [0.25, 0.3) is 78.3 Å². The zero-order valence-corrected chi connectivity index (χ0v) is 28.2. The normalized spacial score (nSPS) is 12.6. The summed E-state index contributed by atoms with van der Waals surface area (Å²) >= 11 is 0. The molecule has 9 rings (SSSR count). The van der Waals surface area contributed by atoms with Crippen molar-refractivity contribution in [3.05, 3.63) is 169 Å². The lowest BCUT2D eigenvalue weighted by molar-refractivity contribution is 0.660. The van der Waals surface area contributed by atoms with Crippen LogP contribution in [-0.2, 0) is 5.41 Å². The average Bonchev–Trinajstić information content (AvgIpc) is 3.42. The molecule has 0 atom stereocenters. The number of aromatic nitrogens is 4. The van der Waals surface area contributed by atoms with E-state index < -0.39 is 0 Å². The number of benzene rings is 6. The zero-order chi connectivity index (χ0) is 34.5. The third-order valence-corrected chi connectivity index (χ3v) is 10.0. The SMILES string of the molecule is CC1(C)c2cc(C#N)ccc2-c2ccc(-c3cccc(-c4nc(-c5ccccc5)nc(-c5ccc(-c6ccc7ccncc7c6)cc5)n4)c3)cc21. The van der Waals surface area contributed by atoms with Gasteiger partial charge >= 0.3 is 0 Å². The summed E-state index contributed by atoms with van der Waals surface area (Å²) in [4.78, 5) is 19.3. The van der Waals surface area contributed by atoms with Crippen LogP contribution in [-0.4, -0.2) is 19.9 Å². The molecule has 0 spiro atoms. The first kappa shape index (κ1) is 30.3. The minimum absolute atomic E-state index is 0.222. The van der Waals surface area contributed by atoms with Crippen molar-refractivity contribution in [2.45, 2.75) is 19.3 Å². The Bertz CT molecular complexity index is 2670. The highest BCUT2D eigenvalue weighted by Crippen LogP contribution is 2.50. The molecule has 0 saturated carbocycles. The fourth-order valence-corrected chi connectivity index (χ4v) is 7.25. The maximum atomic E-state index is 9.55. The van der Waals surface area contributed by atoms with Crippen LogP contribution < -0.4 is 0 Å². The Morgan fingerprint density at radius 2 is 1.04 bits per heavy atom. The molecule has 1 aliphatic carbocycles. The van der Waals surface area contributed by atoms with Crippen LogP contribution in [0.1, 0.15) is 30.5 Å². The third kappa shape index (κ3) is 5.35. The standard InChI is InChI=1S/C46H31N5/c1-46(2)41-23-29(27-47)11-19-39(41)40-20-18-36(26-42(40)46)34-9-6-10-37(24-34)45-50-43(32-7-4-3-5-8-32)49-44(51-45)33-15-12-30(13-16-33)35-17-14-31-21-22-48-28-38(31)25-35/h3-26,28H,1-2H3. The molecule has 0 N–H and O–H groups in total. The van der Waals surface area contributed by atoms with E-state index in [9.17, 15) is 5.26 Å². The highest BCUT2D eigenvalue weighted by molar-refractivity contribution is 5.87. The molecule has 2 aromatic heterocycles. The molecule has 0 saturated heterocycles. The third-order valence-electron chi connectivity index (χ3n) is 10.0. The highest BCUT2D eigenvalue weighted by atomic mass is 15.0. The van der Waals surface area contributed by atoms with E-state index in [1.807, 2.05) is 60.9 Å². The zero-order valence-electron chi connectivity index (χ0n) is 28.2. The largest absolute Gasteiger partial charge is 0.264 e. The van der Waals surface area contributed by atoms with E-state index >= 15 is 0 Å². The summed E-state index contributed by atoms with van der Waals surface area (Å²) in [5, 5.41) is 11.8. The Balaban J connectivity index is 1.10. The molecule has 5 heteroatoms. The van der Waals surface area contributed by atoms with Crippen molar-refractivity contribution in [2.24, 2.45) is 0 Å². The van der Waals surface area contributed by atoms with Crippen LogP contribution in [0.2, 0.25) is 0 Å². The first-order valence-corrected chi connectivity index (χ1v) is 17.0. The number of hydrogen-bond acceptors (Lipinski definition) is 5. The molecule has 6 aromatic carbocycles. The van der Waals surface area contributed by atoms with Gasteiger partial charge in [0.15, 0.2) is 17.5 Å². The van der Waals surface area contributed by atoms with E-state index in [2.05, 4.69) is 116 Å². The monoisotopic (exact) mass is 653 g/mol. The molecule has 0 aliphatic heterocycles. The lowest BCUT2D eigenvalue weighted by atomic mass is 9.81. The summed E-state index contributed by atoms with van der Waals surface area (Å²) < 4.78 is 0. The maximum Gasteiger partial charge on any atom is 0.164 e. The summed E-state index contributed by atoms with van der Waals surface area (Å²) in [5.74, 6) is 1.86. The lowest BCUT2D eigenvalue weighted by Gasteiger charge is -2.22. The van der Waals surface area contributed by atoms with E-state index in [4.69, 9.17) is 15.0 Å². The predicted octanol–water partition coefficient (Wildman–Crippen LogP) is 10.9. The van der Waals surface area contributed by atoms with Gasteiger partial charge in [0.1, 0.15) is 0 Å². The minimum Gasteiger partial charge on any atom is -0.264 e. The van der Waals surface area contributed by atoms with Crippen LogP contribution >= 0.6 is 0 Å². The molecule has 240 valence electrons. The number of nitrogens with zero attached hydrogens (tertiary/aromatic N) is 5. The van der Waals surface area contributed by atoms with Crippen LogP contribution in [0.4, 0.5) is 0 Å². The predicted molar refractivity (Wildman–Crippen MR) is 205 cm³/mol. The smallest absolute Gasteiger partial charge is 0.164 e. The first-order chi connectivity index (χ1) is 24.9. The molecule has 51 heavy (non-hydrogen) atoms. The molecule has 0 unspecified atom stereocenters. The van der Waals surface area contributed by atoms with Gasteiger partial charge < -0.3 is 0 Å². The molecule has 2 heterocycles. The van der Waals surface area contributed by atoms with Gasteiger partial charge in [-0.15, -0.1) is 0 Å². The van der Waals surface area contributed by atoms with Crippen molar-refractivity contribution in [3.63, 3.8) is 0 Å². The van der Waals surface area contributed by atoms with Crippen LogP contribution in [0.3, 0.4) is 0 Å². The van der Waals surface area contributed by atoms with Gasteiger partial charge in [0, 0.05) is 39.9 Å². The van der Waals surface area contributed by atoms with Crippen LogP contribution in [0.5, 0.6) is 0 Å². The van der Waals surface area contributed by atoms with E-state index in [1.54, 1.807) is 0 Å². The molecule has 0 fully saturated rings. The number of nitriles is 1. The Hall–Kier alpha value is -6.77. The van der Waals surface area contributed by atoms with Crippen molar-refractivity contribution in [1.82, 2.24) is 19.9 Å². The summed E-state index contributed by atoms with van der Waals surface area (Å²) in [5.41, 5.74) is 12.5. The van der Waals surface area contributed by atoms with E-state index in [0.717, 1.165) is 44.3 Å². The summed E-state index contributed by atoms with van der Waals surface area (Å²) in [7, 11) is 0. The second-order valence-electron chi connectivity index (χ2n) is 13.5. The fraction of sp³-hybridized carbons (Fsp3) is 0.0652. The van der Waals surface area contributed by atoms with E-state index in [0.29, 0.717) is 23.0 Å². The van der Waals surface area contributed by atoms with Gasteiger partial charge in [-0.2, -0.15) is 5.26 Å². The molecule has 5 nitrogen and oxygen atoms in total. The van der Waals surface area contributed by atoms with E-state index in [1.165, 1.54) is 27.6 Å². The lowest BCUT2D eigenvalue weighted by Crippen LogP contribution is -2.15.